The van der Waals surface area contributed by atoms with Crippen molar-refractivity contribution in [3.8, 4) is 11.8 Å². The third-order valence-corrected chi connectivity index (χ3v) is 6.09. The second-order valence-corrected chi connectivity index (χ2v) is 9.38. The van der Waals surface area contributed by atoms with Crippen LogP contribution >= 0.6 is 31.9 Å². The van der Waals surface area contributed by atoms with Crippen molar-refractivity contribution >= 4 is 61.1 Å². The number of anilines is 2. The molecule has 2 amide bonds. The average Bonchev–Trinajstić information content (AvgIpc) is 2.83. The van der Waals surface area contributed by atoms with Gasteiger partial charge in [-0.3, -0.25) is 9.59 Å². The molecule has 0 atom stereocenters. The number of alkyl halides is 3. The first-order valence-electron chi connectivity index (χ1n) is 10.6. The number of benzene rings is 3. The van der Waals surface area contributed by atoms with Gasteiger partial charge in [0.15, 0.2) is 6.61 Å². The summed E-state index contributed by atoms with van der Waals surface area (Å²) in [5, 5.41) is 14.5. The number of nitrogens with zero attached hydrogens (tertiary/aromatic N) is 1. The van der Waals surface area contributed by atoms with E-state index in [1.807, 2.05) is 19.1 Å². The molecule has 190 valence electrons. The third-order valence-electron chi connectivity index (χ3n) is 4.91. The zero-order chi connectivity index (χ0) is 27.2. The molecule has 0 heterocycles. The van der Waals surface area contributed by atoms with Crippen LogP contribution in [-0.4, -0.2) is 18.4 Å². The van der Waals surface area contributed by atoms with E-state index >= 15 is 0 Å². The van der Waals surface area contributed by atoms with Gasteiger partial charge in [-0.05, 0) is 92.4 Å². The second kappa shape index (κ2) is 12.1. The fraction of sp³-hybridized carbons (Fsp3) is 0.115. The molecule has 0 spiro atoms. The van der Waals surface area contributed by atoms with Crippen LogP contribution in [0, 0.1) is 18.3 Å². The first-order chi connectivity index (χ1) is 17.5. The quantitative estimate of drug-likeness (QED) is 0.214. The highest BCUT2D eigenvalue weighted by Crippen LogP contribution is 2.36. The predicted octanol–water partition coefficient (Wildman–Crippen LogP) is 7.10. The number of aryl methyl sites for hydroxylation is 1. The molecular weight excluding hydrogens is 619 g/mol. The van der Waals surface area contributed by atoms with Gasteiger partial charge >= 0.3 is 6.18 Å². The lowest BCUT2D eigenvalue weighted by Gasteiger charge is -2.13. The number of amides is 2. The van der Waals surface area contributed by atoms with E-state index in [-0.39, 0.29) is 23.8 Å². The molecule has 3 rings (SSSR count). The molecular formula is C26H18Br2F3N3O3. The van der Waals surface area contributed by atoms with Crippen molar-refractivity contribution in [3.05, 3.63) is 91.9 Å². The largest absolute Gasteiger partial charge is 0.481 e. The summed E-state index contributed by atoms with van der Waals surface area (Å²) in [6.07, 6.45) is -3.30. The lowest BCUT2D eigenvalue weighted by molar-refractivity contribution is -0.137. The van der Waals surface area contributed by atoms with E-state index in [1.165, 1.54) is 12.1 Å². The maximum atomic E-state index is 12.9. The van der Waals surface area contributed by atoms with Gasteiger partial charge in [0.05, 0.1) is 14.5 Å². The fourth-order valence-corrected chi connectivity index (χ4v) is 4.58. The smallest absolute Gasteiger partial charge is 0.416 e. The summed E-state index contributed by atoms with van der Waals surface area (Å²) in [6.45, 7) is 1.59. The van der Waals surface area contributed by atoms with Crippen molar-refractivity contribution in [1.82, 2.24) is 0 Å². The molecule has 0 aliphatic rings. The highest BCUT2D eigenvalue weighted by Gasteiger charge is 2.30. The molecule has 0 saturated heterocycles. The summed E-state index contributed by atoms with van der Waals surface area (Å²) in [7, 11) is 0. The van der Waals surface area contributed by atoms with Gasteiger partial charge in [-0.25, -0.2) is 0 Å². The SMILES string of the molecule is Cc1ccccc1NC(=O)COc1c(Br)cc(/C=C(\C#N)C(=O)Nc2cccc(C(F)(F)F)c2)cc1Br. The van der Waals surface area contributed by atoms with Crippen molar-refractivity contribution in [1.29, 1.82) is 5.26 Å². The van der Waals surface area contributed by atoms with Crippen molar-refractivity contribution in [2.45, 2.75) is 13.1 Å². The van der Waals surface area contributed by atoms with Crippen LogP contribution in [0.2, 0.25) is 0 Å². The number of hydrogen-bond donors (Lipinski definition) is 2. The molecule has 0 aliphatic carbocycles. The topological polar surface area (TPSA) is 91.2 Å². The molecule has 0 saturated carbocycles. The Balaban J connectivity index is 1.71. The Morgan fingerprint density at radius 3 is 2.32 bits per heavy atom. The molecule has 2 N–H and O–H groups in total. The highest BCUT2D eigenvalue weighted by atomic mass is 79.9. The monoisotopic (exact) mass is 635 g/mol. The molecule has 11 heteroatoms. The second-order valence-electron chi connectivity index (χ2n) is 7.67. The minimum absolute atomic E-state index is 0.101. The number of carbonyl (C=O) groups is 2. The van der Waals surface area contributed by atoms with Crippen LogP contribution in [0.15, 0.2) is 75.2 Å². The fourth-order valence-electron chi connectivity index (χ4n) is 3.12. The molecule has 6 nitrogen and oxygen atoms in total. The summed E-state index contributed by atoms with van der Waals surface area (Å²) < 4.78 is 45.3. The van der Waals surface area contributed by atoms with E-state index in [4.69, 9.17) is 4.74 Å². The van der Waals surface area contributed by atoms with Crippen LogP contribution in [0.3, 0.4) is 0 Å². The number of hydrogen-bond acceptors (Lipinski definition) is 4. The van der Waals surface area contributed by atoms with Crippen LogP contribution in [0.5, 0.6) is 5.75 Å². The maximum Gasteiger partial charge on any atom is 0.416 e. The van der Waals surface area contributed by atoms with E-state index in [1.54, 1.807) is 30.3 Å². The lowest BCUT2D eigenvalue weighted by Crippen LogP contribution is -2.20. The van der Waals surface area contributed by atoms with Crippen molar-refractivity contribution in [2.75, 3.05) is 17.2 Å². The van der Waals surface area contributed by atoms with Gasteiger partial charge in [0.25, 0.3) is 11.8 Å². The van der Waals surface area contributed by atoms with Crippen molar-refractivity contribution in [3.63, 3.8) is 0 Å². The highest BCUT2D eigenvalue weighted by molar-refractivity contribution is 9.11. The summed E-state index contributed by atoms with van der Waals surface area (Å²) in [5.74, 6) is -0.915. The van der Waals surface area contributed by atoms with Crippen molar-refractivity contribution in [2.24, 2.45) is 0 Å². The predicted molar refractivity (Wildman–Crippen MR) is 141 cm³/mol. The maximum absolute atomic E-state index is 12.9. The van der Waals surface area contributed by atoms with Gasteiger partial charge in [0.1, 0.15) is 17.4 Å². The van der Waals surface area contributed by atoms with Crippen LogP contribution in [0.1, 0.15) is 16.7 Å². The summed E-state index contributed by atoms with van der Waals surface area (Å²) >= 11 is 6.70. The zero-order valence-electron chi connectivity index (χ0n) is 19.1. The van der Waals surface area contributed by atoms with Crippen molar-refractivity contribution < 1.29 is 27.5 Å². The number of para-hydroxylation sites is 1. The number of halogens is 5. The molecule has 0 unspecified atom stereocenters. The van der Waals surface area contributed by atoms with Crippen LogP contribution in [0.25, 0.3) is 6.08 Å². The zero-order valence-corrected chi connectivity index (χ0v) is 22.3. The minimum atomic E-state index is -4.57. The van der Waals surface area contributed by atoms with E-state index in [2.05, 4.69) is 42.5 Å². The lowest BCUT2D eigenvalue weighted by atomic mass is 10.1. The minimum Gasteiger partial charge on any atom is -0.481 e. The molecule has 0 bridgehead atoms. The summed E-state index contributed by atoms with van der Waals surface area (Å²) in [6, 6.07) is 16.3. The number of nitriles is 1. The number of carbonyl (C=O) groups excluding carboxylic acids is 2. The number of nitrogens with one attached hydrogen (secondary N) is 2. The first-order valence-corrected chi connectivity index (χ1v) is 12.1. The van der Waals surface area contributed by atoms with Crippen LogP contribution in [-0.2, 0) is 15.8 Å². The van der Waals surface area contributed by atoms with E-state index in [9.17, 15) is 28.0 Å². The molecule has 3 aromatic rings. The molecule has 0 radical (unpaired) electrons. The molecule has 37 heavy (non-hydrogen) atoms. The summed E-state index contributed by atoms with van der Waals surface area (Å²) in [5.41, 5.74) is 0.635. The van der Waals surface area contributed by atoms with Gasteiger partial charge in [-0.2, -0.15) is 18.4 Å². The Morgan fingerprint density at radius 1 is 1.03 bits per heavy atom. The van der Waals surface area contributed by atoms with Gasteiger partial charge in [0, 0.05) is 11.4 Å². The van der Waals surface area contributed by atoms with E-state index in [0.717, 1.165) is 23.8 Å². The van der Waals surface area contributed by atoms with Crippen LogP contribution in [0.4, 0.5) is 24.5 Å². The van der Waals surface area contributed by atoms with E-state index in [0.29, 0.717) is 25.9 Å². The first kappa shape index (κ1) is 28.0. The average molecular weight is 637 g/mol. The van der Waals surface area contributed by atoms with Gasteiger partial charge in [0.2, 0.25) is 0 Å². The standard InChI is InChI=1S/C26H18Br2F3N3O3/c1-15-5-2-3-8-22(15)34-23(35)14-37-24-20(27)10-16(11-21(24)28)9-17(13-32)25(36)33-19-7-4-6-18(12-19)26(29,30)31/h2-12H,14H2,1H3,(H,33,36)(H,34,35)/b17-9+. The normalized spacial score (nSPS) is 11.4. The number of ether oxygens (including phenoxy) is 1. The Morgan fingerprint density at radius 2 is 1.70 bits per heavy atom. The Labute approximate surface area is 227 Å². The summed E-state index contributed by atoms with van der Waals surface area (Å²) in [4.78, 5) is 24.8. The molecule has 0 aromatic heterocycles. The third kappa shape index (κ3) is 7.68. The van der Waals surface area contributed by atoms with Gasteiger partial charge in [-0.1, -0.05) is 24.3 Å². The molecule has 0 aliphatic heterocycles. The Hall–Kier alpha value is -3.62. The van der Waals surface area contributed by atoms with Gasteiger partial charge in [-0.15, -0.1) is 0 Å². The number of rotatable bonds is 7. The van der Waals surface area contributed by atoms with E-state index < -0.39 is 17.6 Å². The Bertz CT molecular complexity index is 1390. The van der Waals surface area contributed by atoms with Crippen LogP contribution < -0.4 is 15.4 Å². The molecule has 3 aromatic carbocycles. The molecule has 0 fully saturated rings. The van der Waals surface area contributed by atoms with Gasteiger partial charge < -0.3 is 15.4 Å². The Kier molecular flexibility index (Phi) is 9.13.